The van der Waals surface area contributed by atoms with Gasteiger partial charge in [0.25, 0.3) is 0 Å². The minimum atomic E-state index is 0.581. The summed E-state index contributed by atoms with van der Waals surface area (Å²) in [5.41, 5.74) is 3.36. The summed E-state index contributed by atoms with van der Waals surface area (Å²) in [4.78, 5) is 5.70. The first-order valence-corrected chi connectivity index (χ1v) is 8.04. The van der Waals surface area contributed by atoms with Crippen LogP contribution in [0.15, 0.2) is 71.0 Å². The Kier molecular flexibility index (Phi) is 4.66. The summed E-state index contributed by atoms with van der Waals surface area (Å²) in [6, 6.07) is 20.1. The molecule has 22 heavy (non-hydrogen) atoms. The maximum Gasteiger partial charge on any atom is 0.119 e. The van der Waals surface area contributed by atoms with Crippen molar-refractivity contribution >= 4 is 23.2 Å². The van der Waals surface area contributed by atoms with Crippen molar-refractivity contribution in [3.05, 3.63) is 82.0 Å². The summed E-state index contributed by atoms with van der Waals surface area (Å²) in [5.74, 6) is 0.857. The van der Waals surface area contributed by atoms with Gasteiger partial charge in [-0.3, -0.25) is 4.99 Å². The molecule has 0 aliphatic rings. The van der Waals surface area contributed by atoms with Gasteiger partial charge >= 0.3 is 0 Å². The van der Waals surface area contributed by atoms with Crippen molar-refractivity contribution in [3.8, 4) is 5.75 Å². The van der Waals surface area contributed by atoms with Gasteiger partial charge in [-0.05, 0) is 53.8 Å². The highest BCUT2D eigenvalue weighted by atomic mass is 32.1. The highest BCUT2D eigenvalue weighted by Gasteiger charge is 1.97. The van der Waals surface area contributed by atoms with E-state index in [1.54, 1.807) is 11.3 Å². The van der Waals surface area contributed by atoms with E-state index in [9.17, 15) is 0 Å². The van der Waals surface area contributed by atoms with Crippen LogP contribution in [0.5, 0.6) is 5.75 Å². The molecule has 0 amide bonds. The lowest BCUT2D eigenvalue weighted by atomic mass is 10.2. The van der Waals surface area contributed by atoms with Crippen LogP contribution in [0.3, 0.4) is 0 Å². The van der Waals surface area contributed by atoms with Gasteiger partial charge < -0.3 is 4.74 Å². The van der Waals surface area contributed by atoms with Crippen molar-refractivity contribution < 1.29 is 4.74 Å². The standard InChI is InChI=1S/C19H17NOS/c1-15-11-12-22-19(15)13-20-17-7-9-18(10-8-17)21-14-16-5-3-2-4-6-16/h2-13H,14H2,1H3. The second-order valence-electron chi connectivity index (χ2n) is 4.99. The Balaban J connectivity index is 1.61. The van der Waals surface area contributed by atoms with Gasteiger partial charge in [0.1, 0.15) is 12.4 Å². The van der Waals surface area contributed by atoms with Crippen molar-refractivity contribution in [1.82, 2.24) is 0 Å². The predicted molar refractivity (Wildman–Crippen MR) is 93.5 cm³/mol. The average molecular weight is 307 g/mol. The molecule has 0 radical (unpaired) electrons. The lowest BCUT2D eigenvalue weighted by Crippen LogP contribution is -1.94. The molecule has 0 unspecified atom stereocenters. The Morgan fingerprint density at radius 1 is 1.00 bits per heavy atom. The number of thiophene rings is 1. The molecule has 3 rings (SSSR count). The molecule has 0 bridgehead atoms. The maximum absolute atomic E-state index is 5.77. The third-order valence-corrected chi connectivity index (χ3v) is 4.27. The first-order chi connectivity index (χ1) is 10.8. The Morgan fingerprint density at radius 3 is 2.45 bits per heavy atom. The van der Waals surface area contributed by atoms with Crippen LogP contribution in [-0.2, 0) is 6.61 Å². The minimum absolute atomic E-state index is 0.581. The van der Waals surface area contributed by atoms with Crippen LogP contribution in [-0.4, -0.2) is 6.21 Å². The predicted octanol–water partition coefficient (Wildman–Crippen LogP) is 5.39. The van der Waals surface area contributed by atoms with Crippen molar-refractivity contribution in [3.63, 3.8) is 0 Å². The summed E-state index contributed by atoms with van der Waals surface area (Å²) in [6.07, 6.45) is 1.92. The lowest BCUT2D eigenvalue weighted by Gasteiger charge is -2.06. The molecular formula is C19H17NOS. The fraction of sp³-hybridized carbons (Fsp3) is 0.105. The van der Waals surface area contributed by atoms with E-state index in [0.717, 1.165) is 17.0 Å². The molecule has 0 aliphatic heterocycles. The molecule has 0 aliphatic carbocycles. The monoisotopic (exact) mass is 307 g/mol. The summed E-state index contributed by atoms with van der Waals surface area (Å²) in [7, 11) is 0. The quantitative estimate of drug-likeness (QED) is 0.579. The molecule has 0 spiro atoms. The van der Waals surface area contributed by atoms with Crippen LogP contribution in [0.2, 0.25) is 0 Å². The molecule has 3 aromatic rings. The average Bonchev–Trinajstić information content (AvgIpc) is 2.98. The smallest absolute Gasteiger partial charge is 0.119 e. The van der Waals surface area contributed by atoms with Crippen LogP contribution in [0, 0.1) is 6.92 Å². The number of aliphatic imine (C=N–C) groups is 1. The largest absolute Gasteiger partial charge is 0.489 e. The van der Waals surface area contributed by atoms with Crippen LogP contribution in [0.25, 0.3) is 0 Å². The Bertz CT molecular complexity index is 745. The molecule has 0 saturated carbocycles. The molecular weight excluding hydrogens is 290 g/mol. The molecule has 3 heteroatoms. The van der Waals surface area contributed by atoms with Crippen LogP contribution in [0.1, 0.15) is 16.0 Å². The van der Waals surface area contributed by atoms with Gasteiger partial charge in [-0.2, -0.15) is 0 Å². The molecule has 1 aromatic heterocycles. The van der Waals surface area contributed by atoms with Crippen molar-refractivity contribution in [2.75, 3.05) is 0 Å². The van der Waals surface area contributed by atoms with Gasteiger partial charge in [0.15, 0.2) is 0 Å². The van der Waals surface area contributed by atoms with Gasteiger partial charge in [0, 0.05) is 11.1 Å². The van der Waals surface area contributed by atoms with Gasteiger partial charge in [-0.1, -0.05) is 30.3 Å². The van der Waals surface area contributed by atoms with E-state index in [0.29, 0.717) is 6.61 Å². The van der Waals surface area contributed by atoms with Crippen molar-refractivity contribution in [1.29, 1.82) is 0 Å². The van der Waals surface area contributed by atoms with Gasteiger partial charge in [0.2, 0.25) is 0 Å². The van der Waals surface area contributed by atoms with Crippen LogP contribution >= 0.6 is 11.3 Å². The fourth-order valence-corrected chi connectivity index (χ4v) is 2.81. The SMILES string of the molecule is Cc1ccsc1C=Nc1ccc(OCc2ccccc2)cc1. The number of hydrogen-bond donors (Lipinski definition) is 0. The van der Waals surface area contributed by atoms with E-state index < -0.39 is 0 Å². The Hall–Kier alpha value is -2.39. The lowest BCUT2D eigenvalue weighted by molar-refractivity contribution is 0.306. The van der Waals surface area contributed by atoms with Crippen molar-refractivity contribution in [2.45, 2.75) is 13.5 Å². The van der Waals surface area contributed by atoms with Crippen LogP contribution < -0.4 is 4.74 Å². The molecule has 0 saturated heterocycles. The molecule has 0 atom stereocenters. The minimum Gasteiger partial charge on any atom is -0.489 e. The Morgan fingerprint density at radius 2 is 1.77 bits per heavy atom. The molecule has 110 valence electrons. The summed E-state index contributed by atoms with van der Waals surface area (Å²) in [5, 5.41) is 2.08. The van der Waals surface area contributed by atoms with E-state index >= 15 is 0 Å². The molecule has 0 fully saturated rings. The molecule has 1 heterocycles. The van der Waals surface area contributed by atoms with E-state index in [-0.39, 0.29) is 0 Å². The van der Waals surface area contributed by atoms with Crippen molar-refractivity contribution in [2.24, 2.45) is 4.99 Å². The Labute approximate surface area is 134 Å². The maximum atomic E-state index is 5.77. The van der Waals surface area contributed by atoms with E-state index in [1.165, 1.54) is 10.4 Å². The molecule has 0 N–H and O–H groups in total. The zero-order valence-corrected chi connectivity index (χ0v) is 13.2. The first kappa shape index (κ1) is 14.5. The molecule has 2 nitrogen and oxygen atoms in total. The number of ether oxygens (including phenoxy) is 1. The molecule has 2 aromatic carbocycles. The summed E-state index contributed by atoms with van der Waals surface area (Å²) >= 11 is 1.70. The second-order valence-corrected chi connectivity index (χ2v) is 5.94. The highest BCUT2D eigenvalue weighted by molar-refractivity contribution is 7.11. The third-order valence-electron chi connectivity index (χ3n) is 3.32. The zero-order valence-electron chi connectivity index (χ0n) is 12.4. The van der Waals surface area contributed by atoms with Gasteiger partial charge in [-0.15, -0.1) is 11.3 Å². The van der Waals surface area contributed by atoms with Gasteiger partial charge in [0.05, 0.1) is 5.69 Å². The van der Waals surface area contributed by atoms with Gasteiger partial charge in [-0.25, -0.2) is 0 Å². The topological polar surface area (TPSA) is 21.6 Å². The normalized spacial score (nSPS) is 11.0. The number of nitrogens with zero attached hydrogens (tertiary/aromatic N) is 1. The number of hydrogen-bond acceptors (Lipinski definition) is 3. The van der Waals surface area contributed by atoms with E-state index in [1.807, 2.05) is 48.7 Å². The number of aryl methyl sites for hydroxylation is 1. The van der Waals surface area contributed by atoms with E-state index in [4.69, 9.17) is 4.74 Å². The second kappa shape index (κ2) is 7.05. The summed E-state index contributed by atoms with van der Waals surface area (Å²) in [6.45, 7) is 2.68. The van der Waals surface area contributed by atoms with E-state index in [2.05, 4.69) is 35.5 Å². The number of benzene rings is 2. The number of rotatable bonds is 5. The third kappa shape index (κ3) is 3.83. The summed E-state index contributed by atoms with van der Waals surface area (Å²) < 4.78 is 5.77. The highest BCUT2D eigenvalue weighted by Crippen LogP contribution is 2.20. The zero-order chi connectivity index (χ0) is 15.2. The van der Waals surface area contributed by atoms with Crippen LogP contribution in [0.4, 0.5) is 5.69 Å². The first-order valence-electron chi connectivity index (χ1n) is 7.16. The fourth-order valence-electron chi connectivity index (χ4n) is 2.02.